The lowest BCUT2D eigenvalue weighted by molar-refractivity contribution is 0.301. The quantitative estimate of drug-likeness (QED) is 0.641. The Morgan fingerprint density at radius 3 is 2.24 bits per heavy atom. The number of hydrogen-bond acceptors (Lipinski definition) is 7. The van der Waals surface area contributed by atoms with Crippen LogP contribution in [0.1, 0.15) is 13.8 Å². The van der Waals surface area contributed by atoms with Gasteiger partial charge in [0.05, 0.1) is 5.69 Å². The van der Waals surface area contributed by atoms with Crippen LogP contribution in [0.4, 0.5) is 17.6 Å². The SMILES string of the molecule is CCN(CC)N=Nc1ccccc1-c1nc(N)nc(N)n1. The summed E-state index contributed by atoms with van der Waals surface area (Å²) in [7, 11) is 0. The third-order valence-corrected chi connectivity index (χ3v) is 2.82. The van der Waals surface area contributed by atoms with Gasteiger partial charge < -0.3 is 11.5 Å². The van der Waals surface area contributed by atoms with Gasteiger partial charge in [-0.2, -0.15) is 15.0 Å². The summed E-state index contributed by atoms with van der Waals surface area (Å²) in [6, 6.07) is 7.40. The van der Waals surface area contributed by atoms with E-state index in [9.17, 15) is 0 Å². The van der Waals surface area contributed by atoms with E-state index in [1.54, 1.807) is 0 Å². The Bertz CT molecular complexity index is 616. The number of anilines is 2. The molecular weight excluding hydrogens is 268 g/mol. The molecule has 4 N–H and O–H groups in total. The fraction of sp³-hybridized carbons (Fsp3) is 0.308. The van der Waals surface area contributed by atoms with Gasteiger partial charge in [0.25, 0.3) is 0 Å². The highest BCUT2D eigenvalue weighted by Gasteiger charge is 2.09. The monoisotopic (exact) mass is 286 g/mol. The van der Waals surface area contributed by atoms with Crippen LogP contribution in [0.15, 0.2) is 34.6 Å². The number of nitrogen functional groups attached to an aromatic ring is 2. The largest absolute Gasteiger partial charge is 0.368 e. The molecular formula is C13H18N8. The van der Waals surface area contributed by atoms with Crippen molar-refractivity contribution in [1.29, 1.82) is 0 Å². The maximum atomic E-state index is 5.61. The lowest BCUT2D eigenvalue weighted by Crippen LogP contribution is -2.14. The molecule has 8 heteroatoms. The van der Waals surface area contributed by atoms with Gasteiger partial charge >= 0.3 is 0 Å². The predicted molar refractivity (Wildman–Crippen MR) is 81.5 cm³/mol. The summed E-state index contributed by atoms with van der Waals surface area (Å²) < 4.78 is 0. The van der Waals surface area contributed by atoms with Gasteiger partial charge in [0, 0.05) is 18.7 Å². The molecule has 2 aromatic rings. The van der Waals surface area contributed by atoms with Crippen LogP contribution in [0.2, 0.25) is 0 Å². The van der Waals surface area contributed by atoms with E-state index >= 15 is 0 Å². The first kappa shape index (κ1) is 14.6. The molecule has 8 nitrogen and oxygen atoms in total. The van der Waals surface area contributed by atoms with Gasteiger partial charge in [-0.3, -0.25) is 5.01 Å². The van der Waals surface area contributed by atoms with Crippen molar-refractivity contribution in [1.82, 2.24) is 20.0 Å². The summed E-state index contributed by atoms with van der Waals surface area (Å²) in [5.74, 6) is 0.537. The standard InChI is InChI=1S/C13H18N8/c1-3-21(4-2)20-19-10-8-6-5-7-9(10)11-16-12(14)18-13(15)17-11/h5-8H,3-4H2,1-2H3,(H4,14,15,16,17,18). The average Bonchev–Trinajstić information content (AvgIpc) is 2.47. The van der Waals surface area contributed by atoms with Crippen LogP contribution in [0.5, 0.6) is 0 Å². The molecule has 0 saturated carbocycles. The zero-order valence-electron chi connectivity index (χ0n) is 12.1. The second-order valence-electron chi connectivity index (χ2n) is 4.22. The lowest BCUT2D eigenvalue weighted by Gasteiger charge is -2.11. The zero-order chi connectivity index (χ0) is 15.2. The maximum Gasteiger partial charge on any atom is 0.225 e. The molecule has 1 heterocycles. The molecule has 1 aromatic heterocycles. The van der Waals surface area contributed by atoms with Gasteiger partial charge in [-0.25, -0.2) is 0 Å². The Morgan fingerprint density at radius 2 is 1.62 bits per heavy atom. The van der Waals surface area contributed by atoms with Crippen LogP contribution in [0, 0.1) is 0 Å². The smallest absolute Gasteiger partial charge is 0.225 e. The molecule has 0 unspecified atom stereocenters. The highest BCUT2D eigenvalue weighted by molar-refractivity contribution is 5.71. The Labute approximate surface area is 122 Å². The van der Waals surface area contributed by atoms with Gasteiger partial charge in [-0.05, 0) is 26.0 Å². The van der Waals surface area contributed by atoms with Crippen LogP contribution >= 0.6 is 0 Å². The minimum absolute atomic E-state index is 0.0768. The van der Waals surface area contributed by atoms with Gasteiger partial charge in [-0.1, -0.05) is 17.4 Å². The van der Waals surface area contributed by atoms with E-state index in [2.05, 4.69) is 25.3 Å². The van der Waals surface area contributed by atoms with Gasteiger partial charge in [0.1, 0.15) is 0 Å². The molecule has 0 radical (unpaired) electrons. The predicted octanol–water partition coefficient (Wildman–Crippen LogP) is 2.04. The van der Waals surface area contributed by atoms with Crippen molar-refractivity contribution in [2.75, 3.05) is 24.6 Å². The summed E-state index contributed by atoms with van der Waals surface area (Å²) in [5, 5.41) is 10.3. The number of nitrogens with zero attached hydrogens (tertiary/aromatic N) is 6. The number of benzene rings is 1. The molecule has 0 saturated heterocycles. The molecule has 0 aliphatic rings. The number of hydrogen-bond donors (Lipinski definition) is 2. The Morgan fingerprint density at radius 1 is 1.00 bits per heavy atom. The fourth-order valence-corrected chi connectivity index (χ4v) is 1.74. The van der Waals surface area contributed by atoms with E-state index < -0.39 is 0 Å². The normalized spacial score (nSPS) is 11.0. The maximum absolute atomic E-state index is 5.61. The van der Waals surface area contributed by atoms with Crippen molar-refractivity contribution in [2.24, 2.45) is 10.3 Å². The highest BCUT2D eigenvalue weighted by atomic mass is 15.5. The van der Waals surface area contributed by atoms with Crippen molar-refractivity contribution in [2.45, 2.75) is 13.8 Å². The molecule has 0 aliphatic carbocycles. The number of nitrogens with two attached hydrogens (primary N) is 2. The van der Waals surface area contributed by atoms with Gasteiger partial charge in [-0.15, -0.1) is 5.11 Å². The topological polar surface area (TPSA) is 119 Å². The minimum Gasteiger partial charge on any atom is -0.368 e. The van der Waals surface area contributed by atoms with Crippen molar-refractivity contribution in [3.05, 3.63) is 24.3 Å². The summed E-state index contributed by atoms with van der Waals surface area (Å²) in [6.07, 6.45) is 0. The zero-order valence-corrected chi connectivity index (χ0v) is 12.1. The van der Waals surface area contributed by atoms with E-state index in [4.69, 9.17) is 11.5 Å². The summed E-state index contributed by atoms with van der Waals surface area (Å²) in [6.45, 7) is 5.60. The third-order valence-electron chi connectivity index (χ3n) is 2.82. The Hall–Kier alpha value is -2.77. The number of aromatic nitrogens is 3. The molecule has 21 heavy (non-hydrogen) atoms. The minimum atomic E-state index is 0.0768. The van der Waals surface area contributed by atoms with Crippen molar-refractivity contribution >= 4 is 17.6 Å². The fourth-order valence-electron chi connectivity index (χ4n) is 1.74. The van der Waals surface area contributed by atoms with E-state index in [1.807, 2.05) is 43.1 Å². The molecule has 0 aliphatic heterocycles. The summed E-state index contributed by atoms with van der Waals surface area (Å²) in [5.41, 5.74) is 12.6. The molecule has 1 aromatic carbocycles. The van der Waals surface area contributed by atoms with Crippen LogP contribution in [-0.2, 0) is 0 Å². The van der Waals surface area contributed by atoms with E-state index in [0.29, 0.717) is 17.1 Å². The number of rotatable bonds is 5. The molecule has 0 fully saturated rings. The lowest BCUT2D eigenvalue weighted by atomic mass is 10.2. The van der Waals surface area contributed by atoms with E-state index in [1.165, 1.54) is 0 Å². The Kier molecular flexibility index (Phi) is 4.60. The second-order valence-corrected chi connectivity index (χ2v) is 4.22. The molecule has 0 amide bonds. The molecule has 2 rings (SSSR count). The van der Waals surface area contributed by atoms with Gasteiger partial charge in [0.2, 0.25) is 11.9 Å². The first-order valence-electron chi connectivity index (χ1n) is 6.67. The van der Waals surface area contributed by atoms with Crippen molar-refractivity contribution in [3.63, 3.8) is 0 Å². The van der Waals surface area contributed by atoms with E-state index in [0.717, 1.165) is 13.1 Å². The first-order valence-corrected chi connectivity index (χ1v) is 6.67. The van der Waals surface area contributed by atoms with Crippen LogP contribution < -0.4 is 11.5 Å². The van der Waals surface area contributed by atoms with Crippen molar-refractivity contribution in [3.8, 4) is 11.4 Å². The molecule has 110 valence electrons. The van der Waals surface area contributed by atoms with Gasteiger partial charge in [0.15, 0.2) is 5.82 Å². The Balaban J connectivity index is 2.41. The van der Waals surface area contributed by atoms with Crippen molar-refractivity contribution < 1.29 is 0 Å². The van der Waals surface area contributed by atoms with Crippen LogP contribution in [0.25, 0.3) is 11.4 Å². The van der Waals surface area contributed by atoms with Crippen LogP contribution in [0.3, 0.4) is 0 Å². The average molecular weight is 286 g/mol. The summed E-state index contributed by atoms with van der Waals surface area (Å²) >= 11 is 0. The second kappa shape index (κ2) is 6.60. The highest BCUT2D eigenvalue weighted by Crippen LogP contribution is 2.28. The molecule has 0 atom stereocenters. The molecule has 0 bridgehead atoms. The molecule has 0 spiro atoms. The first-order chi connectivity index (χ1) is 10.1. The van der Waals surface area contributed by atoms with E-state index in [-0.39, 0.29) is 11.9 Å². The summed E-state index contributed by atoms with van der Waals surface area (Å²) in [4.78, 5) is 11.9. The van der Waals surface area contributed by atoms with Crippen LogP contribution in [-0.4, -0.2) is 33.1 Å². The third kappa shape index (κ3) is 3.62.